The number of hydrogen-bond acceptors (Lipinski definition) is 9. The first-order valence-corrected chi connectivity index (χ1v) is 10.0. The molecular weight excluding hydrogens is 414 g/mol. The van der Waals surface area contributed by atoms with Crippen molar-refractivity contribution >= 4 is 39.3 Å². The van der Waals surface area contributed by atoms with Gasteiger partial charge in [0.25, 0.3) is 0 Å². The van der Waals surface area contributed by atoms with E-state index in [9.17, 15) is 18.9 Å². The summed E-state index contributed by atoms with van der Waals surface area (Å²) in [4.78, 5) is 7.99. The van der Waals surface area contributed by atoms with Gasteiger partial charge in [-0.1, -0.05) is 0 Å². The van der Waals surface area contributed by atoms with Crippen LogP contribution in [0.2, 0.25) is 0 Å². The monoisotopic (exact) mass is 427 g/mol. The minimum Gasteiger partial charge on any atom is -0.478 e. The third-order valence-electron chi connectivity index (χ3n) is 3.83. The van der Waals surface area contributed by atoms with Gasteiger partial charge in [-0.3, -0.25) is 4.40 Å². The summed E-state index contributed by atoms with van der Waals surface area (Å²) >= 11 is 5.00. The molecule has 2 aromatic heterocycles. The molecule has 12 heteroatoms. The number of sulfonamides is 1. The Morgan fingerprint density at radius 2 is 1.90 bits per heavy atom. The van der Waals surface area contributed by atoms with Gasteiger partial charge in [-0.05, 0) is 43.4 Å². The van der Waals surface area contributed by atoms with E-state index in [0.29, 0.717) is 5.69 Å². The molecule has 0 unspecified atom stereocenters. The number of ether oxygens (including phenoxy) is 1. The predicted molar refractivity (Wildman–Crippen MR) is 106 cm³/mol. The van der Waals surface area contributed by atoms with Gasteiger partial charge >= 0.3 is 0 Å². The minimum absolute atomic E-state index is 0.0251. The molecule has 10 nitrogen and oxygen atoms in total. The summed E-state index contributed by atoms with van der Waals surface area (Å²) in [6.45, 7) is 1.99. The van der Waals surface area contributed by atoms with Crippen LogP contribution in [0.5, 0.6) is 5.88 Å². The summed E-state index contributed by atoms with van der Waals surface area (Å²) < 4.78 is 29.9. The van der Waals surface area contributed by atoms with Crippen molar-refractivity contribution in [2.24, 2.45) is 5.14 Å². The number of nitrogens with one attached hydrogen (secondary N) is 1. The molecule has 0 atom stereocenters. The molecule has 0 aliphatic heterocycles. The number of benzene rings is 1. The SMILES string of the molecule is CCOc1c(C#N)c(Nc2ccc(S(N)(=O)=O)cc2)c(C#N)c2nc(=S)ncn12. The van der Waals surface area contributed by atoms with Gasteiger partial charge in [0.2, 0.25) is 20.7 Å². The van der Waals surface area contributed by atoms with Gasteiger partial charge in [-0.15, -0.1) is 0 Å². The summed E-state index contributed by atoms with van der Waals surface area (Å²) in [7, 11) is -3.85. The van der Waals surface area contributed by atoms with Crippen molar-refractivity contribution in [2.45, 2.75) is 11.8 Å². The Morgan fingerprint density at radius 1 is 1.24 bits per heavy atom. The molecular formula is C17H13N7O3S2. The van der Waals surface area contributed by atoms with Crippen LogP contribution in [-0.2, 0) is 10.0 Å². The standard InChI is InChI=1S/C17H13N7O3S2/c1-2-27-16-13(8-19)14(12(7-18)15-23-17(28)21-9-24(15)16)22-10-3-5-11(6-4-10)29(20,25)26/h3-6,9,22H,2H2,1H3,(H2,20,25,26). The minimum atomic E-state index is -3.85. The Kier molecular flexibility index (Phi) is 5.43. The van der Waals surface area contributed by atoms with E-state index in [1.165, 1.54) is 35.0 Å². The maximum Gasteiger partial charge on any atom is 0.238 e. The first-order valence-electron chi connectivity index (χ1n) is 8.08. The van der Waals surface area contributed by atoms with Crippen LogP contribution in [0.25, 0.3) is 5.65 Å². The number of primary sulfonamides is 1. The smallest absolute Gasteiger partial charge is 0.238 e. The fourth-order valence-corrected chi connectivity index (χ4v) is 3.26. The number of nitriles is 2. The second-order valence-electron chi connectivity index (χ2n) is 5.61. The van der Waals surface area contributed by atoms with Crippen LogP contribution in [0.15, 0.2) is 35.5 Å². The van der Waals surface area contributed by atoms with Crippen LogP contribution in [0, 0.1) is 27.4 Å². The number of hydrogen-bond donors (Lipinski definition) is 2. The highest BCUT2D eigenvalue weighted by molar-refractivity contribution is 7.89. The third kappa shape index (κ3) is 3.86. The molecule has 2 heterocycles. The van der Waals surface area contributed by atoms with Gasteiger partial charge in [0.15, 0.2) is 5.65 Å². The zero-order valence-electron chi connectivity index (χ0n) is 14.9. The molecule has 3 N–H and O–H groups in total. The fraction of sp³-hybridized carbons (Fsp3) is 0.118. The van der Waals surface area contributed by atoms with Crippen LogP contribution in [0.4, 0.5) is 11.4 Å². The molecule has 0 spiro atoms. The number of nitrogens with zero attached hydrogens (tertiary/aromatic N) is 5. The van der Waals surface area contributed by atoms with Crippen LogP contribution in [0.1, 0.15) is 18.1 Å². The van der Waals surface area contributed by atoms with E-state index in [4.69, 9.17) is 22.1 Å². The Hall–Kier alpha value is -3.58. The average molecular weight is 427 g/mol. The van der Waals surface area contributed by atoms with E-state index in [-0.39, 0.29) is 44.6 Å². The summed E-state index contributed by atoms with van der Waals surface area (Å²) in [5.41, 5.74) is 0.838. The molecule has 3 aromatic rings. The van der Waals surface area contributed by atoms with E-state index in [1.807, 2.05) is 12.1 Å². The maximum absolute atomic E-state index is 11.4. The maximum atomic E-state index is 11.4. The van der Waals surface area contributed by atoms with Gasteiger partial charge < -0.3 is 10.1 Å². The number of nitrogens with two attached hydrogens (primary N) is 1. The molecule has 0 saturated carbocycles. The van der Waals surface area contributed by atoms with Crippen LogP contribution < -0.4 is 15.2 Å². The quantitative estimate of drug-likeness (QED) is 0.580. The normalized spacial score (nSPS) is 10.9. The van der Waals surface area contributed by atoms with Gasteiger partial charge in [-0.2, -0.15) is 15.5 Å². The van der Waals surface area contributed by atoms with Crippen LogP contribution in [-0.4, -0.2) is 29.4 Å². The number of rotatable bonds is 5. The highest BCUT2D eigenvalue weighted by Crippen LogP contribution is 2.34. The van der Waals surface area contributed by atoms with Crippen LogP contribution >= 0.6 is 12.2 Å². The Balaban J connectivity index is 2.27. The molecule has 0 aliphatic carbocycles. The summed E-state index contributed by atoms with van der Waals surface area (Å²) in [5, 5.41) is 27.5. The zero-order valence-corrected chi connectivity index (χ0v) is 16.6. The number of aromatic nitrogens is 3. The van der Waals surface area contributed by atoms with Crippen molar-refractivity contribution in [1.29, 1.82) is 10.5 Å². The number of pyridine rings is 1. The second kappa shape index (κ2) is 7.81. The molecule has 3 rings (SSSR count). The highest BCUT2D eigenvalue weighted by atomic mass is 32.2. The molecule has 146 valence electrons. The van der Waals surface area contributed by atoms with E-state index in [1.54, 1.807) is 6.92 Å². The topological polar surface area (TPSA) is 159 Å². The molecule has 0 saturated heterocycles. The van der Waals surface area contributed by atoms with E-state index < -0.39 is 10.0 Å². The van der Waals surface area contributed by atoms with Crippen LogP contribution in [0.3, 0.4) is 0 Å². The zero-order chi connectivity index (χ0) is 21.2. The van der Waals surface area contributed by atoms with E-state index >= 15 is 0 Å². The summed E-state index contributed by atoms with van der Waals surface area (Å²) in [5.74, 6) is 0.141. The molecule has 29 heavy (non-hydrogen) atoms. The molecule has 0 amide bonds. The summed E-state index contributed by atoms with van der Waals surface area (Å²) in [6.07, 6.45) is 1.34. The number of fused-ring (bicyclic) bond motifs is 1. The predicted octanol–water partition coefficient (Wildman–Crippen LogP) is 1.99. The average Bonchev–Trinajstić information content (AvgIpc) is 2.68. The second-order valence-corrected chi connectivity index (χ2v) is 7.54. The molecule has 0 aliphatic rings. The lowest BCUT2D eigenvalue weighted by atomic mass is 10.1. The summed E-state index contributed by atoms with van der Waals surface area (Å²) in [6, 6.07) is 9.57. The Bertz CT molecular complexity index is 1350. The lowest BCUT2D eigenvalue weighted by Gasteiger charge is -2.17. The van der Waals surface area contributed by atoms with Crippen molar-refractivity contribution in [3.05, 3.63) is 46.5 Å². The fourth-order valence-electron chi connectivity index (χ4n) is 2.61. The largest absolute Gasteiger partial charge is 0.478 e. The van der Waals surface area contributed by atoms with Gasteiger partial charge in [0.1, 0.15) is 29.6 Å². The Labute approximate surface area is 170 Å². The van der Waals surface area contributed by atoms with E-state index in [0.717, 1.165) is 0 Å². The first-order chi connectivity index (χ1) is 13.8. The highest BCUT2D eigenvalue weighted by Gasteiger charge is 2.22. The Morgan fingerprint density at radius 3 is 2.45 bits per heavy atom. The molecule has 0 radical (unpaired) electrons. The van der Waals surface area contributed by atoms with E-state index in [2.05, 4.69) is 15.3 Å². The molecule has 0 fully saturated rings. The molecule has 0 bridgehead atoms. The van der Waals surface area contributed by atoms with Crippen molar-refractivity contribution in [3.63, 3.8) is 0 Å². The van der Waals surface area contributed by atoms with Gasteiger partial charge in [0, 0.05) is 5.69 Å². The van der Waals surface area contributed by atoms with Crippen molar-refractivity contribution < 1.29 is 13.2 Å². The number of anilines is 2. The van der Waals surface area contributed by atoms with Gasteiger partial charge in [0.05, 0.1) is 17.2 Å². The van der Waals surface area contributed by atoms with Crippen molar-refractivity contribution in [1.82, 2.24) is 14.4 Å². The lowest BCUT2D eigenvalue weighted by molar-refractivity contribution is 0.320. The third-order valence-corrected chi connectivity index (χ3v) is 4.95. The van der Waals surface area contributed by atoms with Crippen molar-refractivity contribution in [2.75, 3.05) is 11.9 Å². The molecule has 1 aromatic carbocycles. The van der Waals surface area contributed by atoms with Gasteiger partial charge in [-0.25, -0.2) is 18.5 Å². The first kappa shape index (κ1) is 20.2. The lowest BCUT2D eigenvalue weighted by Crippen LogP contribution is -2.12. The van der Waals surface area contributed by atoms with Crippen molar-refractivity contribution in [3.8, 4) is 18.0 Å².